The third-order valence-corrected chi connectivity index (χ3v) is 11.0. The average Bonchev–Trinajstić information content (AvgIpc) is 3.27. The lowest BCUT2D eigenvalue weighted by atomic mass is 9.98. The minimum atomic E-state index is -3.29. The van der Waals surface area contributed by atoms with Crippen molar-refractivity contribution in [2.24, 2.45) is 0 Å². The van der Waals surface area contributed by atoms with Crippen LogP contribution in [-0.4, -0.2) is 0 Å². The van der Waals surface area contributed by atoms with Gasteiger partial charge in [-0.2, -0.15) is 0 Å². The first kappa shape index (κ1) is 23.8. The van der Waals surface area contributed by atoms with Crippen LogP contribution in [0.2, 0.25) is 0 Å². The molecule has 0 fully saturated rings. The minimum Gasteiger partial charge on any atom is -0.309 e. The Morgan fingerprint density at radius 1 is 0.583 bits per heavy atom. The molecule has 6 rings (SSSR count). The first-order valence-corrected chi connectivity index (χ1v) is 14.7. The monoisotopic (exact) mass is 538 g/mol. The van der Waals surface area contributed by atoms with Gasteiger partial charge in [-0.15, -0.1) is 37.9 Å². The molecule has 0 unspecified atom stereocenters. The van der Waals surface area contributed by atoms with Crippen molar-refractivity contribution in [2.75, 3.05) is 0 Å². The summed E-state index contributed by atoms with van der Waals surface area (Å²) in [6.45, 7) is 0. The van der Waals surface area contributed by atoms with E-state index in [0.717, 1.165) is 59.3 Å². The fourth-order valence-corrected chi connectivity index (χ4v) is 9.73. The molecule has 1 aliphatic rings. The highest BCUT2D eigenvalue weighted by atomic mass is 32.1. The molecule has 5 heteroatoms. The van der Waals surface area contributed by atoms with Crippen molar-refractivity contribution in [1.82, 2.24) is 0 Å². The normalized spacial score (nSPS) is 12.3. The summed E-state index contributed by atoms with van der Waals surface area (Å²) in [6, 6.07) is 36.3. The lowest BCUT2D eigenvalue weighted by molar-refractivity contribution is 0.592. The summed E-state index contributed by atoms with van der Waals surface area (Å²) in [5.74, 6) is 0. The zero-order valence-electron chi connectivity index (χ0n) is 19.3. The molecule has 0 aliphatic heterocycles. The van der Waals surface area contributed by atoms with Gasteiger partial charge in [0.15, 0.2) is 7.14 Å². The molecule has 0 saturated heterocycles. The summed E-state index contributed by atoms with van der Waals surface area (Å²) < 4.78 is 15.7. The van der Waals surface area contributed by atoms with Gasteiger partial charge in [0.25, 0.3) is 0 Å². The van der Waals surface area contributed by atoms with E-state index in [4.69, 9.17) is 25.3 Å². The van der Waals surface area contributed by atoms with Crippen molar-refractivity contribution >= 4 is 60.9 Å². The molecule has 0 amide bonds. The van der Waals surface area contributed by atoms with E-state index in [-0.39, 0.29) is 0 Å². The molecule has 0 bridgehead atoms. The zero-order chi connectivity index (χ0) is 24.9. The summed E-state index contributed by atoms with van der Waals surface area (Å²) in [6.07, 6.45) is 0.729. The molecule has 36 heavy (non-hydrogen) atoms. The molecule has 5 aromatic rings. The second kappa shape index (κ2) is 9.36. The van der Waals surface area contributed by atoms with Crippen LogP contribution in [0.15, 0.2) is 124 Å². The molecule has 0 N–H and O–H groups in total. The minimum absolute atomic E-state index is 0.729. The van der Waals surface area contributed by atoms with E-state index >= 15 is 4.57 Å². The van der Waals surface area contributed by atoms with Gasteiger partial charge in [0, 0.05) is 36.2 Å². The van der Waals surface area contributed by atoms with Crippen LogP contribution >= 0.6 is 45.0 Å². The number of thiol groups is 3. The number of rotatable bonds is 4. The molecule has 0 saturated carbocycles. The zero-order valence-corrected chi connectivity index (χ0v) is 22.9. The largest absolute Gasteiger partial charge is 0.309 e. The molecule has 0 aromatic heterocycles. The van der Waals surface area contributed by atoms with Gasteiger partial charge in [-0.3, -0.25) is 0 Å². The second-order valence-corrected chi connectivity index (χ2v) is 13.1. The Hall–Kier alpha value is -2.62. The van der Waals surface area contributed by atoms with E-state index in [1.807, 2.05) is 72.8 Å². The van der Waals surface area contributed by atoms with Crippen molar-refractivity contribution in [1.29, 1.82) is 0 Å². The fourth-order valence-electron chi connectivity index (χ4n) is 5.31. The topological polar surface area (TPSA) is 17.1 Å². The average molecular weight is 539 g/mol. The lowest BCUT2D eigenvalue weighted by Gasteiger charge is -2.27. The van der Waals surface area contributed by atoms with Crippen LogP contribution in [0.5, 0.6) is 0 Å². The predicted octanol–water partition coefficient (Wildman–Crippen LogP) is 7.43. The predicted molar refractivity (Wildman–Crippen MR) is 161 cm³/mol. The van der Waals surface area contributed by atoms with Crippen molar-refractivity contribution in [2.45, 2.75) is 21.1 Å². The van der Waals surface area contributed by atoms with Crippen LogP contribution in [-0.2, 0) is 11.0 Å². The van der Waals surface area contributed by atoms with Crippen molar-refractivity contribution in [3.8, 4) is 22.3 Å². The van der Waals surface area contributed by atoms with E-state index < -0.39 is 7.14 Å². The van der Waals surface area contributed by atoms with Gasteiger partial charge in [-0.05, 0) is 46.4 Å². The Kier molecular flexibility index (Phi) is 6.17. The van der Waals surface area contributed by atoms with Gasteiger partial charge in [0.05, 0.1) is 0 Å². The van der Waals surface area contributed by atoms with Gasteiger partial charge in [-0.25, -0.2) is 0 Å². The number of hydrogen-bond donors (Lipinski definition) is 3. The van der Waals surface area contributed by atoms with Gasteiger partial charge in [-0.1, -0.05) is 97.1 Å². The van der Waals surface area contributed by atoms with Gasteiger partial charge in [0.1, 0.15) is 0 Å². The van der Waals surface area contributed by atoms with E-state index in [2.05, 4.69) is 49.0 Å². The Labute approximate surface area is 228 Å². The maximum Gasteiger partial charge on any atom is 0.171 e. The number of hydrogen-bond acceptors (Lipinski definition) is 4. The summed E-state index contributed by atoms with van der Waals surface area (Å²) in [4.78, 5) is 2.31. The van der Waals surface area contributed by atoms with Gasteiger partial charge in [0.2, 0.25) is 0 Å². The first-order valence-electron chi connectivity index (χ1n) is 11.7. The van der Waals surface area contributed by atoms with E-state index in [0.29, 0.717) is 0 Å². The molecule has 0 radical (unpaired) electrons. The third kappa shape index (κ3) is 3.79. The fraction of sp³-hybridized carbons (Fsp3) is 0.0323. The highest BCUT2D eigenvalue weighted by Gasteiger charge is 2.38. The first-order chi connectivity index (χ1) is 17.5. The van der Waals surface area contributed by atoms with E-state index in [1.54, 1.807) is 0 Å². The number of fused-ring (bicyclic) bond motifs is 3. The molecule has 1 nitrogen and oxygen atoms in total. The highest BCUT2D eigenvalue weighted by molar-refractivity contribution is 7.85. The maximum atomic E-state index is 15.7. The van der Waals surface area contributed by atoms with Gasteiger partial charge >= 0.3 is 0 Å². The lowest BCUT2D eigenvalue weighted by Crippen LogP contribution is -2.29. The van der Waals surface area contributed by atoms with Crippen LogP contribution in [0.1, 0.15) is 11.1 Å². The smallest absolute Gasteiger partial charge is 0.171 e. The Morgan fingerprint density at radius 3 is 1.72 bits per heavy atom. The SMILES string of the molecule is O=P(c1ccccc1)(c1ccccc1)c1c(-c2c(S)cc(S)cc2S)ccc2c1Cc1ccccc1-2. The standard InChI is InChI=1S/C31H23OPS3/c32-33(21-10-3-1-4-11-21,22-12-5-2-6-13-22)31-26(30-28(35)18-23(34)19-29(30)36)16-15-25-24-14-8-7-9-20(24)17-27(25)31/h1-16,18-19,34-36H,17H2. The molecule has 5 aromatic carbocycles. The Morgan fingerprint density at radius 2 is 1.11 bits per heavy atom. The quantitative estimate of drug-likeness (QED) is 0.157. The van der Waals surface area contributed by atoms with Crippen LogP contribution < -0.4 is 15.9 Å². The van der Waals surface area contributed by atoms with Gasteiger partial charge < -0.3 is 4.57 Å². The van der Waals surface area contributed by atoms with Crippen molar-refractivity contribution in [3.05, 3.63) is 120 Å². The second-order valence-electron chi connectivity index (χ2n) is 8.96. The summed E-state index contributed by atoms with van der Waals surface area (Å²) in [5, 5.41) is 2.49. The molecule has 0 spiro atoms. The summed E-state index contributed by atoms with van der Waals surface area (Å²) >= 11 is 14.2. The van der Waals surface area contributed by atoms with Crippen LogP contribution in [0.4, 0.5) is 0 Å². The highest BCUT2D eigenvalue weighted by Crippen LogP contribution is 2.51. The van der Waals surface area contributed by atoms with Crippen LogP contribution in [0.25, 0.3) is 22.3 Å². The van der Waals surface area contributed by atoms with E-state index in [9.17, 15) is 0 Å². The van der Waals surface area contributed by atoms with Crippen LogP contribution in [0.3, 0.4) is 0 Å². The van der Waals surface area contributed by atoms with Crippen LogP contribution in [0, 0.1) is 0 Å². The Balaban J connectivity index is 1.77. The molecular weight excluding hydrogens is 516 g/mol. The summed E-state index contributed by atoms with van der Waals surface area (Å²) in [7, 11) is -3.29. The molecular formula is C31H23OPS3. The summed E-state index contributed by atoms with van der Waals surface area (Å²) in [5.41, 5.74) is 6.49. The van der Waals surface area contributed by atoms with Crippen molar-refractivity contribution < 1.29 is 4.57 Å². The Bertz CT molecular complexity index is 1600. The molecule has 0 heterocycles. The number of benzene rings is 5. The van der Waals surface area contributed by atoms with E-state index in [1.165, 1.54) is 11.1 Å². The maximum absolute atomic E-state index is 15.7. The molecule has 0 atom stereocenters. The molecule has 1 aliphatic carbocycles. The van der Waals surface area contributed by atoms with Crippen molar-refractivity contribution in [3.63, 3.8) is 0 Å². The molecule has 176 valence electrons. The third-order valence-electron chi connectivity index (χ3n) is 6.86.